The van der Waals surface area contributed by atoms with E-state index in [0.29, 0.717) is 29.7 Å². The summed E-state index contributed by atoms with van der Waals surface area (Å²) in [6.07, 6.45) is 4.10. The third kappa shape index (κ3) is 7.51. The van der Waals surface area contributed by atoms with Gasteiger partial charge in [-0.05, 0) is 55.2 Å². The van der Waals surface area contributed by atoms with Gasteiger partial charge >= 0.3 is 5.97 Å². The zero-order valence-electron chi connectivity index (χ0n) is 22.2. The number of aromatic nitrogens is 1. The highest BCUT2D eigenvalue weighted by molar-refractivity contribution is 7.88. The maximum atomic E-state index is 13.3. The number of sulfonamides is 1. The summed E-state index contributed by atoms with van der Waals surface area (Å²) in [5, 5.41) is 5.53. The van der Waals surface area contributed by atoms with Crippen LogP contribution in [0.5, 0.6) is 0 Å². The van der Waals surface area contributed by atoms with Crippen LogP contribution in [0.25, 0.3) is 0 Å². The van der Waals surface area contributed by atoms with Gasteiger partial charge in [0.15, 0.2) is 0 Å². The molecule has 0 spiro atoms. The lowest BCUT2D eigenvalue weighted by molar-refractivity contribution is -0.147. The lowest BCUT2D eigenvalue weighted by Gasteiger charge is -2.25. The highest BCUT2D eigenvalue weighted by Crippen LogP contribution is 2.24. The van der Waals surface area contributed by atoms with E-state index in [1.54, 1.807) is 67.6 Å². The minimum absolute atomic E-state index is 0.131. The van der Waals surface area contributed by atoms with Gasteiger partial charge in [0.25, 0.3) is 5.91 Å². The number of esters is 1. The van der Waals surface area contributed by atoms with E-state index in [-0.39, 0.29) is 31.2 Å². The summed E-state index contributed by atoms with van der Waals surface area (Å²) in [4.78, 5) is 42.3. The fourth-order valence-electron chi connectivity index (χ4n) is 4.57. The lowest BCUT2D eigenvalue weighted by Crippen LogP contribution is -2.52. The van der Waals surface area contributed by atoms with Crippen molar-refractivity contribution in [1.82, 2.24) is 14.6 Å². The van der Waals surface area contributed by atoms with Crippen molar-refractivity contribution < 1.29 is 27.5 Å². The Morgan fingerprint density at radius 3 is 2.38 bits per heavy atom. The smallest absolute Gasteiger partial charge is 0.328 e. The van der Waals surface area contributed by atoms with Crippen molar-refractivity contribution in [1.29, 1.82) is 0 Å². The van der Waals surface area contributed by atoms with Gasteiger partial charge in [0, 0.05) is 36.6 Å². The zero-order valence-corrected chi connectivity index (χ0v) is 23.0. The van der Waals surface area contributed by atoms with Crippen LogP contribution in [0.2, 0.25) is 0 Å². The van der Waals surface area contributed by atoms with E-state index in [1.807, 2.05) is 6.07 Å². The van der Waals surface area contributed by atoms with Gasteiger partial charge in [0.1, 0.15) is 12.1 Å². The number of nitrogens with one attached hydrogen (secondary N) is 2. The highest BCUT2D eigenvalue weighted by atomic mass is 32.2. The number of hydrogen-bond acceptors (Lipinski definition) is 7. The summed E-state index contributed by atoms with van der Waals surface area (Å²) in [6.45, 7) is 2.04. The molecule has 1 aliphatic heterocycles. The number of ether oxygens (including phenoxy) is 1. The third-order valence-corrected chi connectivity index (χ3v) is 8.39. The van der Waals surface area contributed by atoms with Crippen molar-refractivity contribution in [2.45, 2.75) is 44.0 Å². The molecule has 0 unspecified atom stereocenters. The molecule has 2 atom stereocenters. The number of rotatable bonds is 11. The Morgan fingerprint density at radius 1 is 1.00 bits per heavy atom. The molecule has 2 heterocycles. The molecule has 40 heavy (non-hydrogen) atoms. The highest BCUT2D eigenvalue weighted by Gasteiger charge is 2.39. The van der Waals surface area contributed by atoms with Crippen molar-refractivity contribution >= 4 is 33.5 Å². The molecule has 3 aromatic rings. The first kappa shape index (κ1) is 28.9. The summed E-state index contributed by atoms with van der Waals surface area (Å²) >= 11 is 0. The molecule has 1 saturated heterocycles. The van der Waals surface area contributed by atoms with E-state index in [0.717, 1.165) is 5.56 Å². The monoisotopic (exact) mass is 564 g/mol. The fourth-order valence-corrected chi connectivity index (χ4v) is 6.35. The van der Waals surface area contributed by atoms with Crippen molar-refractivity contribution in [3.8, 4) is 0 Å². The van der Waals surface area contributed by atoms with Crippen molar-refractivity contribution in [3.63, 3.8) is 0 Å². The molecule has 2 amide bonds. The average Bonchev–Trinajstić information content (AvgIpc) is 3.46. The molecule has 0 bridgehead atoms. The Balaban J connectivity index is 1.42. The van der Waals surface area contributed by atoms with Crippen LogP contribution in [-0.4, -0.2) is 60.7 Å². The maximum absolute atomic E-state index is 13.3. The predicted octanol–water partition coefficient (Wildman–Crippen LogP) is 2.92. The molecule has 0 saturated carbocycles. The van der Waals surface area contributed by atoms with Crippen molar-refractivity contribution in [3.05, 3.63) is 95.8 Å². The largest absolute Gasteiger partial charge is 0.464 e. The minimum Gasteiger partial charge on any atom is -0.464 e. The first-order valence-electron chi connectivity index (χ1n) is 13.1. The Morgan fingerprint density at radius 2 is 1.70 bits per heavy atom. The van der Waals surface area contributed by atoms with E-state index in [4.69, 9.17) is 4.74 Å². The molecule has 2 N–H and O–H groups in total. The normalized spacial score (nSPS) is 16.2. The van der Waals surface area contributed by atoms with E-state index >= 15 is 0 Å². The van der Waals surface area contributed by atoms with Gasteiger partial charge in [0.2, 0.25) is 15.9 Å². The van der Waals surface area contributed by atoms with Gasteiger partial charge < -0.3 is 15.4 Å². The summed E-state index contributed by atoms with van der Waals surface area (Å²) in [5.41, 5.74) is 2.39. The number of carbonyl (C=O) groups excluding carboxylic acids is 3. The lowest BCUT2D eigenvalue weighted by atomic mass is 10.0. The van der Waals surface area contributed by atoms with Gasteiger partial charge in [-0.15, -0.1) is 0 Å². The van der Waals surface area contributed by atoms with Crippen LogP contribution in [0.4, 0.5) is 5.69 Å². The first-order chi connectivity index (χ1) is 19.3. The summed E-state index contributed by atoms with van der Waals surface area (Å²) in [6, 6.07) is 17.0. The van der Waals surface area contributed by atoms with Crippen LogP contribution >= 0.6 is 0 Å². The molecular formula is C29H32N4O6S. The van der Waals surface area contributed by atoms with Gasteiger partial charge in [-0.25, -0.2) is 13.2 Å². The van der Waals surface area contributed by atoms with Crippen LogP contribution in [0.3, 0.4) is 0 Å². The molecule has 1 aromatic heterocycles. The number of benzene rings is 2. The van der Waals surface area contributed by atoms with Crippen LogP contribution in [-0.2, 0) is 36.5 Å². The van der Waals surface area contributed by atoms with E-state index in [1.165, 1.54) is 16.7 Å². The van der Waals surface area contributed by atoms with Gasteiger partial charge in [-0.3, -0.25) is 14.6 Å². The Hall–Kier alpha value is -4.09. The van der Waals surface area contributed by atoms with Gasteiger partial charge in [-0.2, -0.15) is 4.31 Å². The second kappa shape index (κ2) is 13.3. The number of hydrogen-bond donors (Lipinski definition) is 2. The van der Waals surface area contributed by atoms with E-state index in [9.17, 15) is 22.8 Å². The van der Waals surface area contributed by atoms with E-state index in [2.05, 4.69) is 15.6 Å². The fraction of sp³-hybridized carbons (Fsp3) is 0.310. The van der Waals surface area contributed by atoms with Gasteiger partial charge in [-0.1, -0.05) is 42.5 Å². The van der Waals surface area contributed by atoms with E-state index < -0.39 is 34.0 Å². The second-order valence-electron chi connectivity index (χ2n) is 9.41. The molecule has 1 fully saturated rings. The number of nitrogens with zero attached hydrogens (tertiary/aromatic N) is 2. The number of amides is 2. The number of pyridine rings is 1. The van der Waals surface area contributed by atoms with Crippen molar-refractivity contribution in [2.24, 2.45) is 0 Å². The zero-order chi connectivity index (χ0) is 28.5. The third-order valence-electron chi connectivity index (χ3n) is 6.54. The summed E-state index contributed by atoms with van der Waals surface area (Å²) in [7, 11) is -3.75. The first-order valence-corrected chi connectivity index (χ1v) is 14.7. The van der Waals surface area contributed by atoms with Crippen LogP contribution < -0.4 is 10.6 Å². The molecule has 1 aliphatic rings. The molecule has 11 heteroatoms. The predicted molar refractivity (Wildman–Crippen MR) is 150 cm³/mol. The minimum atomic E-state index is -3.75. The SMILES string of the molecule is CCOC(=O)[C@H](Cc1ccc(NC(=O)c2ccncc2)cc1)NC(=O)[C@@H]1CCCN1S(=O)(=O)Cc1ccccc1. The molecule has 10 nitrogen and oxygen atoms in total. The topological polar surface area (TPSA) is 135 Å². The van der Waals surface area contributed by atoms with Crippen LogP contribution in [0, 0.1) is 0 Å². The molecule has 0 aliphatic carbocycles. The molecule has 2 aromatic carbocycles. The molecule has 210 valence electrons. The summed E-state index contributed by atoms with van der Waals surface area (Å²) < 4.78 is 32.7. The maximum Gasteiger partial charge on any atom is 0.328 e. The Kier molecular flexibility index (Phi) is 9.62. The quantitative estimate of drug-likeness (QED) is 0.342. The standard InChI is InChI=1S/C29H32N4O6S/c1-2-39-29(36)25(19-21-10-12-24(13-11-21)31-27(34)23-14-16-30-17-15-23)32-28(35)26-9-6-18-33(26)40(37,38)20-22-7-4-3-5-8-22/h3-5,7-8,10-17,25-26H,2,6,9,18-20H2,1H3,(H,31,34)(H,32,35)/t25-,26-/m0/s1. The Labute approximate surface area is 233 Å². The van der Waals surface area contributed by atoms with Crippen LogP contribution in [0.15, 0.2) is 79.1 Å². The number of carbonyl (C=O) groups is 3. The second-order valence-corrected chi connectivity index (χ2v) is 11.3. The van der Waals surface area contributed by atoms with Crippen LogP contribution in [0.1, 0.15) is 41.3 Å². The average molecular weight is 565 g/mol. The molecule has 0 radical (unpaired) electrons. The number of anilines is 1. The van der Waals surface area contributed by atoms with Crippen molar-refractivity contribution in [2.75, 3.05) is 18.5 Å². The van der Waals surface area contributed by atoms with Gasteiger partial charge in [0.05, 0.1) is 12.4 Å². The Bertz CT molecular complexity index is 1420. The molecular weight excluding hydrogens is 532 g/mol. The molecule has 4 rings (SSSR count). The summed E-state index contributed by atoms with van der Waals surface area (Å²) in [5.74, 6) is -1.63.